The van der Waals surface area contributed by atoms with Gasteiger partial charge in [-0.3, -0.25) is 0 Å². The van der Waals surface area contributed by atoms with Crippen molar-refractivity contribution in [2.45, 2.75) is 0 Å². The summed E-state index contributed by atoms with van der Waals surface area (Å²) in [5.41, 5.74) is 0.963. The number of halogens is 3. The van der Waals surface area contributed by atoms with Gasteiger partial charge in [0, 0.05) is 5.56 Å². The Bertz CT molecular complexity index is 334. The Morgan fingerprint density at radius 3 is 2.15 bits per heavy atom. The quantitative estimate of drug-likeness (QED) is 0.673. The van der Waals surface area contributed by atoms with E-state index in [1.165, 1.54) is 12.1 Å². The summed E-state index contributed by atoms with van der Waals surface area (Å²) in [4.78, 5) is 0. The summed E-state index contributed by atoms with van der Waals surface area (Å²) in [6.45, 7) is 3.53. The van der Waals surface area contributed by atoms with Crippen LogP contribution < -0.4 is 0 Å². The number of hydrogen-bond donors (Lipinski definition) is 0. The molecule has 0 heterocycles. The molecule has 0 aliphatic heterocycles. The van der Waals surface area contributed by atoms with Crippen molar-refractivity contribution in [1.29, 1.82) is 0 Å². The van der Waals surface area contributed by atoms with Crippen LogP contribution in [0.2, 0.25) is 0 Å². The molecular formula is C10H7ClF2. The van der Waals surface area contributed by atoms with Crippen LogP contribution in [0.15, 0.2) is 36.1 Å². The molecule has 13 heavy (non-hydrogen) atoms. The Balaban J connectivity index is 3.06. The van der Waals surface area contributed by atoms with E-state index >= 15 is 0 Å². The van der Waals surface area contributed by atoms with E-state index in [4.69, 9.17) is 11.6 Å². The maximum absolute atomic E-state index is 12.8. The van der Waals surface area contributed by atoms with Gasteiger partial charge in [0.25, 0.3) is 0 Å². The fourth-order valence-electron chi connectivity index (χ4n) is 0.875. The lowest BCUT2D eigenvalue weighted by Gasteiger charge is -1.97. The van der Waals surface area contributed by atoms with E-state index in [1.807, 2.05) is 0 Å². The zero-order chi connectivity index (χ0) is 9.84. The molecule has 0 radical (unpaired) electrons. The molecule has 1 aromatic rings. The minimum atomic E-state index is -1.33. The van der Waals surface area contributed by atoms with E-state index in [2.05, 4.69) is 6.58 Å². The smallest absolute Gasteiger partial charge is 0.202 e. The van der Waals surface area contributed by atoms with Gasteiger partial charge in [0.1, 0.15) is 0 Å². The Morgan fingerprint density at radius 2 is 1.77 bits per heavy atom. The van der Waals surface area contributed by atoms with Crippen molar-refractivity contribution in [2.24, 2.45) is 0 Å². The first-order chi connectivity index (χ1) is 6.15. The maximum Gasteiger partial charge on any atom is 0.225 e. The second kappa shape index (κ2) is 4.19. The lowest BCUT2D eigenvalue weighted by molar-refractivity contribution is 0.651. The third kappa shape index (κ3) is 2.39. The molecule has 0 unspecified atom stereocenters. The van der Waals surface area contributed by atoms with Crippen molar-refractivity contribution in [3.63, 3.8) is 0 Å². The third-order valence-corrected chi connectivity index (χ3v) is 1.73. The van der Waals surface area contributed by atoms with E-state index < -0.39 is 11.1 Å². The molecule has 0 aliphatic rings. The molecule has 0 saturated heterocycles. The Hall–Kier alpha value is -1.15. The first kappa shape index (κ1) is 9.93. The zero-order valence-electron chi connectivity index (χ0n) is 6.73. The fourth-order valence-corrected chi connectivity index (χ4v) is 0.984. The van der Waals surface area contributed by atoms with Gasteiger partial charge in [-0.05, 0) is 17.2 Å². The molecule has 1 rings (SSSR count). The van der Waals surface area contributed by atoms with Crippen LogP contribution in [0.4, 0.5) is 8.78 Å². The minimum Gasteiger partial charge on any atom is -0.202 e. The highest BCUT2D eigenvalue weighted by molar-refractivity contribution is 6.30. The van der Waals surface area contributed by atoms with Crippen LogP contribution in [0.5, 0.6) is 0 Å². The van der Waals surface area contributed by atoms with Crippen molar-refractivity contribution in [1.82, 2.24) is 0 Å². The molecule has 0 N–H and O–H groups in total. The molecule has 0 fully saturated rings. The summed E-state index contributed by atoms with van der Waals surface area (Å²) in [6, 6.07) is 6.13. The minimum absolute atomic E-state index is 0.123. The van der Waals surface area contributed by atoms with Crippen LogP contribution in [0.25, 0.3) is 11.9 Å². The van der Waals surface area contributed by atoms with Crippen LogP contribution in [0.3, 0.4) is 0 Å². The van der Waals surface area contributed by atoms with Crippen molar-refractivity contribution in [3.8, 4) is 0 Å². The summed E-state index contributed by atoms with van der Waals surface area (Å²) in [6.07, 6.45) is 1.61. The second-order valence-electron chi connectivity index (χ2n) is 2.40. The van der Waals surface area contributed by atoms with Crippen LogP contribution >= 0.6 is 11.6 Å². The largest absolute Gasteiger partial charge is 0.225 e. The molecular weight excluding hydrogens is 194 g/mol. The third-order valence-electron chi connectivity index (χ3n) is 1.57. The molecule has 3 heteroatoms. The molecule has 0 atom stereocenters. The monoisotopic (exact) mass is 200 g/mol. The maximum atomic E-state index is 12.8. The Kier molecular flexibility index (Phi) is 3.20. The van der Waals surface area contributed by atoms with Gasteiger partial charge in [-0.25, -0.2) is 4.39 Å². The van der Waals surface area contributed by atoms with Gasteiger partial charge in [0.05, 0.1) is 0 Å². The standard InChI is InChI=1S/C10H7ClF2/c1-2-7-3-5-8(6-4-7)9(12)10(11)13/h2-6H,1H2/b10-9-. The molecule has 0 spiro atoms. The van der Waals surface area contributed by atoms with Crippen LogP contribution in [-0.2, 0) is 0 Å². The van der Waals surface area contributed by atoms with Gasteiger partial charge in [-0.15, -0.1) is 0 Å². The van der Waals surface area contributed by atoms with E-state index in [0.717, 1.165) is 5.56 Å². The average Bonchev–Trinajstić information content (AvgIpc) is 2.17. The lowest BCUT2D eigenvalue weighted by Crippen LogP contribution is -1.79. The van der Waals surface area contributed by atoms with Gasteiger partial charge in [-0.2, -0.15) is 4.39 Å². The van der Waals surface area contributed by atoms with Crippen molar-refractivity contribution in [2.75, 3.05) is 0 Å². The predicted molar refractivity (Wildman–Crippen MR) is 51.5 cm³/mol. The number of benzene rings is 1. The van der Waals surface area contributed by atoms with E-state index in [0.29, 0.717) is 0 Å². The van der Waals surface area contributed by atoms with Gasteiger partial charge in [-0.1, -0.05) is 36.9 Å². The highest BCUT2D eigenvalue weighted by Gasteiger charge is 2.05. The summed E-state index contributed by atoms with van der Waals surface area (Å²) in [7, 11) is 0. The van der Waals surface area contributed by atoms with Gasteiger partial charge in [0.15, 0.2) is 5.83 Å². The van der Waals surface area contributed by atoms with Gasteiger partial charge in [0.2, 0.25) is 5.29 Å². The molecule has 68 valence electrons. The lowest BCUT2D eigenvalue weighted by atomic mass is 10.1. The average molecular weight is 201 g/mol. The highest BCUT2D eigenvalue weighted by atomic mass is 35.5. The van der Waals surface area contributed by atoms with Crippen molar-refractivity contribution in [3.05, 3.63) is 47.3 Å². The fraction of sp³-hybridized carbons (Fsp3) is 0. The zero-order valence-corrected chi connectivity index (χ0v) is 7.48. The molecule has 0 amide bonds. The van der Waals surface area contributed by atoms with Gasteiger partial charge < -0.3 is 0 Å². The number of rotatable bonds is 2. The SMILES string of the molecule is C=Cc1ccc(/C(F)=C(/F)Cl)cc1. The topological polar surface area (TPSA) is 0 Å². The first-order valence-electron chi connectivity index (χ1n) is 3.59. The van der Waals surface area contributed by atoms with Crippen LogP contribution in [-0.4, -0.2) is 0 Å². The van der Waals surface area contributed by atoms with Crippen molar-refractivity contribution >= 4 is 23.5 Å². The summed E-state index contributed by atoms with van der Waals surface area (Å²) in [5, 5.41) is -1.33. The predicted octanol–water partition coefficient (Wildman–Crippen LogP) is 4.13. The second-order valence-corrected chi connectivity index (χ2v) is 2.73. The molecule has 1 aromatic carbocycles. The summed E-state index contributed by atoms with van der Waals surface area (Å²) < 4.78 is 25.1. The van der Waals surface area contributed by atoms with E-state index in [9.17, 15) is 8.78 Å². The molecule has 0 nitrogen and oxygen atoms in total. The molecule has 0 bridgehead atoms. The van der Waals surface area contributed by atoms with E-state index in [1.54, 1.807) is 18.2 Å². The van der Waals surface area contributed by atoms with Crippen molar-refractivity contribution < 1.29 is 8.78 Å². The molecule has 0 saturated carbocycles. The summed E-state index contributed by atoms with van der Waals surface area (Å²) in [5.74, 6) is -1.04. The first-order valence-corrected chi connectivity index (χ1v) is 3.96. The number of hydrogen-bond acceptors (Lipinski definition) is 0. The van der Waals surface area contributed by atoms with Crippen LogP contribution in [0.1, 0.15) is 11.1 Å². The Morgan fingerprint density at radius 1 is 1.23 bits per heavy atom. The van der Waals surface area contributed by atoms with Crippen LogP contribution in [0, 0.1) is 0 Å². The molecule has 0 aromatic heterocycles. The Labute approximate surface area is 80.1 Å². The van der Waals surface area contributed by atoms with E-state index in [-0.39, 0.29) is 5.56 Å². The van der Waals surface area contributed by atoms with Gasteiger partial charge >= 0.3 is 0 Å². The summed E-state index contributed by atoms with van der Waals surface area (Å²) >= 11 is 4.85. The molecule has 0 aliphatic carbocycles. The normalized spacial score (nSPS) is 12.2. The highest BCUT2D eigenvalue weighted by Crippen LogP contribution is 2.23.